The van der Waals surface area contributed by atoms with Gasteiger partial charge in [-0.25, -0.2) is 13.8 Å². The lowest BCUT2D eigenvalue weighted by molar-refractivity contribution is 0.285. The molecule has 0 radical (unpaired) electrons. The first-order valence-electron chi connectivity index (χ1n) is 8.85. The molecule has 2 heterocycles. The Morgan fingerprint density at radius 2 is 1.81 bits per heavy atom. The molecule has 4 rings (SSSR count). The van der Waals surface area contributed by atoms with Crippen LogP contribution >= 0.6 is 0 Å². The largest absolute Gasteiger partial charge is 0.477 e. The Morgan fingerprint density at radius 3 is 2.52 bits per heavy atom. The van der Waals surface area contributed by atoms with Crippen molar-refractivity contribution in [1.29, 1.82) is 0 Å². The predicted molar refractivity (Wildman–Crippen MR) is 97.4 cm³/mol. The average molecular weight is 367 g/mol. The Kier molecular flexibility index (Phi) is 4.56. The second kappa shape index (κ2) is 7.02. The summed E-state index contributed by atoms with van der Waals surface area (Å²) in [4.78, 5) is 12.9. The zero-order chi connectivity index (χ0) is 19.0. The Balaban J connectivity index is 1.51. The van der Waals surface area contributed by atoms with Crippen LogP contribution in [0.1, 0.15) is 29.4 Å². The standard InChI is InChI=1S/C21H19F2N3O/c1-12-3-4-20(25-9-12)18-7-15(18)11-27-21-19(10-24-13(2)26-21)14-5-16(22)8-17(23)6-14/h3-6,8-10,15,18H,7,11H2,1-2H3/t15-,18+/m1/s1. The molecule has 0 aliphatic heterocycles. The number of nitrogens with zero attached hydrogens (tertiary/aromatic N) is 3. The van der Waals surface area contributed by atoms with Crippen LogP contribution in [0.3, 0.4) is 0 Å². The quantitative estimate of drug-likeness (QED) is 0.660. The molecule has 138 valence electrons. The van der Waals surface area contributed by atoms with E-state index in [-0.39, 0.29) is 0 Å². The number of halogens is 2. The van der Waals surface area contributed by atoms with Gasteiger partial charge in [-0.05, 0) is 49.6 Å². The molecule has 3 aromatic rings. The van der Waals surface area contributed by atoms with E-state index in [0.717, 1.165) is 23.7 Å². The van der Waals surface area contributed by atoms with Crippen LogP contribution in [0.5, 0.6) is 5.88 Å². The highest BCUT2D eigenvalue weighted by atomic mass is 19.1. The minimum atomic E-state index is -0.649. The Hall–Kier alpha value is -2.89. The Labute approximate surface area is 156 Å². The predicted octanol–water partition coefficient (Wildman–Crippen LogP) is 4.62. The molecule has 0 spiro atoms. The highest BCUT2D eigenvalue weighted by molar-refractivity contribution is 5.67. The molecule has 0 saturated heterocycles. The SMILES string of the molecule is Cc1ccc([C@H]2C[C@@H]2COc2nc(C)ncc2-c2cc(F)cc(F)c2)nc1. The molecule has 0 N–H and O–H groups in total. The topological polar surface area (TPSA) is 47.9 Å². The van der Waals surface area contributed by atoms with Crippen molar-refractivity contribution < 1.29 is 13.5 Å². The van der Waals surface area contributed by atoms with Gasteiger partial charge < -0.3 is 4.74 Å². The second-order valence-electron chi connectivity index (χ2n) is 6.97. The van der Waals surface area contributed by atoms with E-state index >= 15 is 0 Å². The van der Waals surface area contributed by atoms with Gasteiger partial charge in [-0.1, -0.05) is 6.07 Å². The summed E-state index contributed by atoms with van der Waals surface area (Å²) in [6.45, 7) is 4.24. The fourth-order valence-electron chi connectivity index (χ4n) is 3.15. The van der Waals surface area contributed by atoms with Crippen molar-refractivity contribution in [3.63, 3.8) is 0 Å². The maximum Gasteiger partial charge on any atom is 0.224 e. The van der Waals surface area contributed by atoms with Gasteiger partial charge in [-0.2, -0.15) is 4.98 Å². The fourth-order valence-corrected chi connectivity index (χ4v) is 3.15. The van der Waals surface area contributed by atoms with E-state index in [9.17, 15) is 8.78 Å². The highest BCUT2D eigenvalue weighted by Crippen LogP contribution is 2.47. The van der Waals surface area contributed by atoms with Crippen molar-refractivity contribution in [2.45, 2.75) is 26.2 Å². The van der Waals surface area contributed by atoms with Crippen LogP contribution in [0, 0.1) is 31.4 Å². The van der Waals surface area contributed by atoms with Crippen LogP contribution in [-0.2, 0) is 0 Å². The molecular formula is C21H19F2N3O. The molecule has 0 amide bonds. The van der Waals surface area contributed by atoms with Gasteiger partial charge in [-0.3, -0.25) is 4.98 Å². The van der Waals surface area contributed by atoms with E-state index in [1.807, 2.05) is 13.1 Å². The van der Waals surface area contributed by atoms with E-state index in [2.05, 4.69) is 27.1 Å². The lowest BCUT2D eigenvalue weighted by Gasteiger charge is -2.11. The molecule has 1 aromatic carbocycles. The van der Waals surface area contributed by atoms with E-state index in [1.54, 1.807) is 6.92 Å². The summed E-state index contributed by atoms with van der Waals surface area (Å²) in [6.07, 6.45) is 4.41. The van der Waals surface area contributed by atoms with Crippen molar-refractivity contribution >= 4 is 0 Å². The van der Waals surface area contributed by atoms with Gasteiger partial charge in [0.15, 0.2) is 0 Å². The molecule has 2 aromatic heterocycles. The van der Waals surface area contributed by atoms with E-state index < -0.39 is 11.6 Å². The molecule has 1 aliphatic carbocycles. The lowest BCUT2D eigenvalue weighted by Crippen LogP contribution is -2.06. The van der Waals surface area contributed by atoms with Crippen LogP contribution < -0.4 is 4.74 Å². The maximum absolute atomic E-state index is 13.6. The summed E-state index contributed by atoms with van der Waals surface area (Å²) < 4.78 is 33.1. The number of ether oxygens (including phenoxy) is 1. The summed E-state index contributed by atoms with van der Waals surface area (Å²) in [7, 11) is 0. The second-order valence-corrected chi connectivity index (χ2v) is 6.97. The number of aryl methyl sites for hydroxylation is 2. The summed E-state index contributed by atoms with van der Waals surface area (Å²) in [5.74, 6) is 0.317. The fraction of sp³-hybridized carbons (Fsp3) is 0.286. The number of hydrogen-bond acceptors (Lipinski definition) is 4. The monoisotopic (exact) mass is 367 g/mol. The van der Waals surface area contributed by atoms with Gasteiger partial charge >= 0.3 is 0 Å². The van der Waals surface area contributed by atoms with Gasteiger partial charge in [0.05, 0.1) is 12.2 Å². The molecule has 0 bridgehead atoms. The smallest absolute Gasteiger partial charge is 0.224 e. The van der Waals surface area contributed by atoms with Crippen molar-refractivity contribution in [3.8, 4) is 17.0 Å². The normalized spacial score (nSPS) is 18.4. The van der Waals surface area contributed by atoms with E-state index in [0.29, 0.717) is 41.3 Å². The van der Waals surface area contributed by atoms with Gasteiger partial charge in [0, 0.05) is 36.0 Å². The molecule has 27 heavy (non-hydrogen) atoms. The van der Waals surface area contributed by atoms with Gasteiger partial charge in [0.1, 0.15) is 17.5 Å². The number of pyridine rings is 1. The summed E-state index contributed by atoms with van der Waals surface area (Å²) in [6, 6.07) is 7.45. The van der Waals surface area contributed by atoms with E-state index in [1.165, 1.54) is 18.3 Å². The number of rotatable bonds is 5. The van der Waals surface area contributed by atoms with Crippen molar-refractivity contribution in [1.82, 2.24) is 15.0 Å². The third-order valence-electron chi connectivity index (χ3n) is 4.72. The first-order chi connectivity index (χ1) is 13.0. The number of benzene rings is 1. The lowest BCUT2D eigenvalue weighted by atomic mass is 10.1. The van der Waals surface area contributed by atoms with Crippen molar-refractivity contribution in [2.24, 2.45) is 5.92 Å². The molecule has 1 aliphatic rings. The van der Waals surface area contributed by atoms with Crippen LogP contribution in [-0.4, -0.2) is 21.6 Å². The van der Waals surface area contributed by atoms with Crippen LogP contribution in [0.15, 0.2) is 42.7 Å². The first kappa shape index (κ1) is 17.5. The molecule has 0 unspecified atom stereocenters. The van der Waals surface area contributed by atoms with Gasteiger partial charge in [0.2, 0.25) is 5.88 Å². The van der Waals surface area contributed by atoms with Gasteiger partial charge in [-0.15, -0.1) is 0 Å². The average Bonchev–Trinajstić information content (AvgIpc) is 3.39. The molecule has 1 fully saturated rings. The number of hydrogen-bond donors (Lipinski definition) is 0. The van der Waals surface area contributed by atoms with E-state index in [4.69, 9.17) is 4.74 Å². The number of aromatic nitrogens is 3. The molecular weight excluding hydrogens is 348 g/mol. The zero-order valence-electron chi connectivity index (χ0n) is 15.1. The first-order valence-corrected chi connectivity index (χ1v) is 8.85. The molecule has 6 heteroatoms. The van der Waals surface area contributed by atoms with Crippen LogP contribution in [0.25, 0.3) is 11.1 Å². The highest BCUT2D eigenvalue weighted by Gasteiger charge is 2.40. The van der Waals surface area contributed by atoms with Gasteiger partial charge in [0.25, 0.3) is 0 Å². The summed E-state index contributed by atoms with van der Waals surface area (Å²) >= 11 is 0. The minimum Gasteiger partial charge on any atom is -0.477 e. The summed E-state index contributed by atoms with van der Waals surface area (Å²) in [5.41, 5.74) is 3.04. The zero-order valence-corrected chi connectivity index (χ0v) is 15.1. The molecule has 2 atom stereocenters. The molecule has 1 saturated carbocycles. The van der Waals surface area contributed by atoms with Crippen LogP contribution in [0.2, 0.25) is 0 Å². The summed E-state index contributed by atoms with van der Waals surface area (Å²) in [5, 5.41) is 0. The van der Waals surface area contributed by atoms with Crippen LogP contribution in [0.4, 0.5) is 8.78 Å². The third-order valence-corrected chi connectivity index (χ3v) is 4.72. The minimum absolute atomic E-state index is 0.343. The van der Waals surface area contributed by atoms with Crippen molar-refractivity contribution in [3.05, 3.63) is 71.4 Å². The third kappa shape index (κ3) is 3.94. The molecule has 4 nitrogen and oxygen atoms in total. The Morgan fingerprint density at radius 1 is 1.04 bits per heavy atom. The Bertz CT molecular complexity index is 955. The van der Waals surface area contributed by atoms with Crippen molar-refractivity contribution in [2.75, 3.05) is 6.61 Å². The maximum atomic E-state index is 13.6.